The van der Waals surface area contributed by atoms with Gasteiger partial charge in [-0.15, -0.1) is 19.0 Å². The SMILES string of the molecule is C=CCCS(=O)(=O)N1CC(C)C(N)C1.Cl. The van der Waals surface area contributed by atoms with Crippen LogP contribution in [0.25, 0.3) is 0 Å². The summed E-state index contributed by atoms with van der Waals surface area (Å²) in [5.74, 6) is 0.407. The molecule has 1 fully saturated rings. The third-order valence-electron chi connectivity index (χ3n) is 2.61. The molecule has 1 aliphatic heterocycles. The van der Waals surface area contributed by atoms with Gasteiger partial charge < -0.3 is 5.73 Å². The van der Waals surface area contributed by atoms with E-state index in [9.17, 15) is 8.42 Å². The summed E-state index contributed by atoms with van der Waals surface area (Å²) in [4.78, 5) is 0. The molecule has 0 aromatic carbocycles. The molecule has 0 aliphatic carbocycles. The fourth-order valence-corrected chi connectivity index (χ4v) is 3.12. The van der Waals surface area contributed by atoms with Crippen LogP contribution in [0.1, 0.15) is 13.3 Å². The Bertz CT molecular complexity index is 295. The van der Waals surface area contributed by atoms with Gasteiger partial charge in [0.15, 0.2) is 0 Å². The Morgan fingerprint density at radius 1 is 1.53 bits per heavy atom. The summed E-state index contributed by atoms with van der Waals surface area (Å²) in [6.07, 6.45) is 2.12. The summed E-state index contributed by atoms with van der Waals surface area (Å²) in [6.45, 7) is 6.51. The Morgan fingerprint density at radius 2 is 2.13 bits per heavy atom. The average Bonchev–Trinajstić information content (AvgIpc) is 2.45. The van der Waals surface area contributed by atoms with Crippen LogP contribution < -0.4 is 5.73 Å². The number of rotatable bonds is 4. The zero-order valence-electron chi connectivity index (χ0n) is 8.93. The smallest absolute Gasteiger partial charge is 0.214 e. The molecule has 0 aromatic heterocycles. The lowest BCUT2D eigenvalue weighted by Crippen LogP contribution is -2.33. The van der Waals surface area contributed by atoms with E-state index < -0.39 is 10.0 Å². The van der Waals surface area contributed by atoms with Crippen LogP contribution in [0.15, 0.2) is 12.7 Å². The van der Waals surface area contributed by atoms with Crippen molar-refractivity contribution in [1.29, 1.82) is 0 Å². The first-order chi connectivity index (χ1) is 6.47. The van der Waals surface area contributed by atoms with Crippen molar-refractivity contribution in [3.63, 3.8) is 0 Å². The zero-order chi connectivity index (χ0) is 10.8. The number of sulfonamides is 1. The van der Waals surface area contributed by atoms with Gasteiger partial charge in [0.1, 0.15) is 0 Å². The van der Waals surface area contributed by atoms with E-state index in [4.69, 9.17) is 5.73 Å². The Balaban J connectivity index is 0.00000196. The van der Waals surface area contributed by atoms with Crippen LogP contribution in [-0.4, -0.2) is 37.6 Å². The number of hydrogen-bond donors (Lipinski definition) is 1. The Kier molecular flexibility index (Phi) is 5.80. The minimum absolute atomic E-state index is 0. The lowest BCUT2D eigenvalue weighted by molar-refractivity contribution is 0.464. The highest BCUT2D eigenvalue weighted by Crippen LogP contribution is 2.18. The maximum Gasteiger partial charge on any atom is 0.214 e. The van der Waals surface area contributed by atoms with Gasteiger partial charge in [-0.25, -0.2) is 12.7 Å². The van der Waals surface area contributed by atoms with E-state index >= 15 is 0 Å². The number of nitrogens with two attached hydrogens (primary N) is 1. The first-order valence-corrected chi connectivity index (χ1v) is 6.42. The van der Waals surface area contributed by atoms with Gasteiger partial charge in [-0.2, -0.15) is 0 Å². The fourth-order valence-electron chi connectivity index (χ4n) is 1.53. The number of nitrogens with zero attached hydrogens (tertiary/aromatic N) is 1. The standard InChI is InChI=1S/C9H18N2O2S.ClH/c1-3-4-5-14(12,13)11-6-8(2)9(10)7-11;/h3,8-9H,1,4-7,10H2,2H3;1H. The van der Waals surface area contributed by atoms with Crippen LogP contribution in [-0.2, 0) is 10.0 Å². The van der Waals surface area contributed by atoms with Gasteiger partial charge in [0.25, 0.3) is 0 Å². The second-order valence-electron chi connectivity index (χ2n) is 3.85. The summed E-state index contributed by atoms with van der Waals surface area (Å²) in [6, 6.07) is -0.0199. The monoisotopic (exact) mass is 254 g/mol. The first kappa shape index (κ1) is 14.9. The molecule has 0 saturated carbocycles. The summed E-state index contributed by atoms with van der Waals surface area (Å²) in [5, 5.41) is 0. The van der Waals surface area contributed by atoms with E-state index in [1.165, 1.54) is 4.31 Å². The van der Waals surface area contributed by atoms with E-state index in [1.807, 2.05) is 6.92 Å². The van der Waals surface area contributed by atoms with E-state index in [1.54, 1.807) is 6.08 Å². The first-order valence-electron chi connectivity index (χ1n) is 4.81. The third kappa shape index (κ3) is 3.75. The molecule has 2 atom stereocenters. The molecule has 6 heteroatoms. The van der Waals surface area contributed by atoms with Crippen molar-refractivity contribution in [1.82, 2.24) is 4.31 Å². The maximum absolute atomic E-state index is 11.7. The molecule has 0 spiro atoms. The molecule has 1 rings (SSSR count). The minimum atomic E-state index is -3.11. The van der Waals surface area contributed by atoms with Gasteiger partial charge in [-0.3, -0.25) is 0 Å². The molecule has 0 amide bonds. The van der Waals surface area contributed by atoms with E-state index in [0.29, 0.717) is 19.5 Å². The average molecular weight is 255 g/mol. The van der Waals surface area contributed by atoms with E-state index in [-0.39, 0.29) is 30.1 Å². The summed E-state index contributed by atoms with van der Waals surface area (Å²) in [7, 11) is -3.11. The highest BCUT2D eigenvalue weighted by atomic mass is 35.5. The molecular formula is C9H19ClN2O2S. The van der Waals surface area contributed by atoms with Crippen LogP contribution in [0, 0.1) is 5.92 Å². The minimum Gasteiger partial charge on any atom is -0.326 e. The lowest BCUT2D eigenvalue weighted by Gasteiger charge is -2.14. The third-order valence-corrected chi connectivity index (χ3v) is 4.45. The summed E-state index contributed by atoms with van der Waals surface area (Å²) < 4.78 is 24.9. The van der Waals surface area contributed by atoms with Crippen LogP contribution in [0.4, 0.5) is 0 Å². The number of allylic oxidation sites excluding steroid dienone is 1. The number of hydrogen-bond acceptors (Lipinski definition) is 3. The fraction of sp³-hybridized carbons (Fsp3) is 0.778. The molecule has 1 aliphatic rings. The van der Waals surface area contributed by atoms with Crippen molar-refractivity contribution in [2.24, 2.45) is 11.7 Å². The molecule has 1 heterocycles. The van der Waals surface area contributed by atoms with Crippen molar-refractivity contribution in [2.45, 2.75) is 19.4 Å². The molecule has 0 bridgehead atoms. The van der Waals surface area contributed by atoms with Crippen molar-refractivity contribution >= 4 is 22.4 Å². The van der Waals surface area contributed by atoms with Gasteiger partial charge in [-0.1, -0.05) is 13.0 Å². The van der Waals surface area contributed by atoms with Gasteiger partial charge in [0.2, 0.25) is 10.0 Å². The van der Waals surface area contributed by atoms with Gasteiger partial charge in [0, 0.05) is 19.1 Å². The molecule has 1 saturated heterocycles. The van der Waals surface area contributed by atoms with Gasteiger partial charge in [-0.05, 0) is 12.3 Å². The quantitative estimate of drug-likeness (QED) is 0.747. The second-order valence-corrected chi connectivity index (χ2v) is 5.94. The molecule has 2 N–H and O–H groups in total. The molecule has 90 valence electrons. The van der Waals surface area contributed by atoms with Gasteiger partial charge in [0.05, 0.1) is 5.75 Å². The second kappa shape index (κ2) is 5.84. The van der Waals surface area contributed by atoms with Crippen LogP contribution >= 0.6 is 12.4 Å². The molecular weight excluding hydrogens is 236 g/mol. The van der Waals surface area contributed by atoms with Crippen molar-refractivity contribution in [3.05, 3.63) is 12.7 Å². The predicted molar refractivity (Wildman–Crippen MR) is 64.6 cm³/mol. The van der Waals surface area contributed by atoms with Crippen LogP contribution in [0.2, 0.25) is 0 Å². The van der Waals surface area contributed by atoms with Crippen molar-refractivity contribution in [2.75, 3.05) is 18.8 Å². The van der Waals surface area contributed by atoms with Crippen LogP contribution in [0.5, 0.6) is 0 Å². The molecule has 0 aromatic rings. The topological polar surface area (TPSA) is 63.4 Å². The zero-order valence-corrected chi connectivity index (χ0v) is 10.6. The van der Waals surface area contributed by atoms with E-state index in [2.05, 4.69) is 6.58 Å². The number of halogens is 1. The highest BCUT2D eigenvalue weighted by Gasteiger charge is 2.33. The normalized spacial score (nSPS) is 27.3. The van der Waals surface area contributed by atoms with Gasteiger partial charge >= 0.3 is 0 Å². The maximum atomic E-state index is 11.7. The highest BCUT2D eigenvalue weighted by molar-refractivity contribution is 7.89. The Hall–Kier alpha value is -0.100. The Labute approximate surface area is 98.0 Å². The Morgan fingerprint density at radius 3 is 2.53 bits per heavy atom. The van der Waals surface area contributed by atoms with Crippen molar-refractivity contribution < 1.29 is 8.42 Å². The molecule has 0 radical (unpaired) electrons. The largest absolute Gasteiger partial charge is 0.326 e. The van der Waals surface area contributed by atoms with Crippen LogP contribution in [0.3, 0.4) is 0 Å². The van der Waals surface area contributed by atoms with Crippen molar-refractivity contribution in [3.8, 4) is 0 Å². The lowest BCUT2D eigenvalue weighted by atomic mass is 10.1. The predicted octanol–water partition coefficient (Wildman–Crippen LogP) is 0.593. The summed E-state index contributed by atoms with van der Waals surface area (Å²) >= 11 is 0. The molecule has 15 heavy (non-hydrogen) atoms. The molecule has 2 unspecified atom stereocenters. The summed E-state index contributed by atoms with van der Waals surface area (Å²) in [5.41, 5.74) is 5.77. The van der Waals surface area contributed by atoms with E-state index in [0.717, 1.165) is 0 Å². The molecule has 4 nitrogen and oxygen atoms in total.